The van der Waals surface area contributed by atoms with Crippen LogP contribution in [-0.2, 0) is 11.3 Å². The Morgan fingerprint density at radius 3 is 2.74 bits per heavy atom. The number of carbonyl (C=O) groups is 1. The van der Waals surface area contributed by atoms with E-state index in [4.69, 9.17) is 9.47 Å². The van der Waals surface area contributed by atoms with E-state index >= 15 is 0 Å². The minimum absolute atomic E-state index is 0.134. The van der Waals surface area contributed by atoms with Gasteiger partial charge < -0.3 is 14.4 Å². The second-order valence-electron chi connectivity index (χ2n) is 7.24. The molecule has 142 valence electrons. The first-order valence-corrected chi connectivity index (χ1v) is 9.59. The summed E-state index contributed by atoms with van der Waals surface area (Å²) >= 11 is 0. The second kappa shape index (κ2) is 8.09. The number of halogens is 1. The molecule has 1 saturated carbocycles. The quantitative estimate of drug-likeness (QED) is 0.735. The van der Waals surface area contributed by atoms with Crippen molar-refractivity contribution in [3.63, 3.8) is 0 Å². The van der Waals surface area contributed by atoms with Crippen LogP contribution in [-0.4, -0.2) is 36.2 Å². The van der Waals surface area contributed by atoms with E-state index in [1.165, 1.54) is 6.07 Å². The second-order valence-corrected chi connectivity index (χ2v) is 7.24. The average molecular weight is 369 g/mol. The number of nitrogens with zero attached hydrogens (tertiary/aromatic N) is 1. The van der Waals surface area contributed by atoms with Crippen LogP contribution in [0.5, 0.6) is 5.75 Å². The zero-order valence-corrected chi connectivity index (χ0v) is 15.3. The summed E-state index contributed by atoms with van der Waals surface area (Å²) in [4.78, 5) is 14.6. The van der Waals surface area contributed by atoms with Crippen LogP contribution in [0.4, 0.5) is 4.39 Å². The van der Waals surface area contributed by atoms with Crippen LogP contribution in [0.25, 0.3) is 0 Å². The third kappa shape index (κ3) is 4.48. The van der Waals surface area contributed by atoms with Gasteiger partial charge in [-0.25, -0.2) is 4.39 Å². The fraction of sp³-hybridized carbons (Fsp3) is 0.409. The molecule has 2 aromatic rings. The molecule has 2 aromatic carbocycles. The van der Waals surface area contributed by atoms with Gasteiger partial charge in [-0.05, 0) is 55.5 Å². The molecule has 1 unspecified atom stereocenters. The molecular formula is C22H24FNO3. The standard InChI is InChI=1S/C22H24FNO3/c23-21-9-2-1-8-20(21)22(25)24(17-10-11-17)14-16-5-3-6-18(13-16)27-15-19-7-4-12-26-19/h1-3,5-6,8-9,13,17,19H,4,7,10-12,14-15H2. The molecule has 0 bridgehead atoms. The first-order valence-electron chi connectivity index (χ1n) is 9.59. The van der Waals surface area contributed by atoms with E-state index in [9.17, 15) is 9.18 Å². The summed E-state index contributed by atoms with van der Waals surface area (Å²) in [5.74, 6) is 0.0557. The molecule has 1 aliphatic carbocycles. The molecule has 1 heterocycles. The Morgan fingerprint density at radius 2 is 2.00 bits per heavy atom. The zero-order chi connectivity index (χ0) is 18.6. The number of hydrogen-bond acceptors (Lipinski definition) is 3. The van der Waals surface area contributed by atoms with Gasteiger partial charge in [-0.3, -0.25) is 4.79 Å². The molecule has 0 N–H and O–H groups in total. The number of ether oxygens (including phenoxy) is 2. The van der Waals surface area contributed by atoms with Crippen LogP contribution in [0, 0.1) is 5.82 Å². The monoisotopic (exact) mass is 369 g/mol. The molecule has 0 spiro atoms. The lowest BCUT2D eigenvalue weighted by atomic mass is 10.1. The molecule has 2 aliphatic rings. The highest BCUT2D eigenvalue weighted by molar-refractivity contribution is 5.94. The maximum Gasteiger partial charge on any atom is 0.257 e. The van der Waals surface area contributed by atoms with Crippen molar-refractivity contribution in [2.45, 2.75) is 44.4 Å². The lowest BCUT2D eigenvalue weighted by Crippen LogP contribution is -2.33. The van der Waals surface area contributed by atoms with Crippen molar-refractivity contribution in [2.24, 2.45) is 0 Å². The predicted molar refractivity (Wildman–Crippen MR) is 100 cm³/mol. The summed E-state index contributed by atoms with van der Waals surface area (Å²) < 4.78 is 25.5. The Hall–Kier alpha value is -2.40. The van der Waals surface area contributed by atoms with Gasteiger partial charge >= 0.3 is 0 Å². The Morgan fingerprint density at radius 1 is 1.15 bits per heavy atom. The fourth-order valence-corrected chi connectivity index (χ4v) is 3.44. The van der Waals surface area contributed by atoms with Gasteiger partial charge in [0.05, 0.1) is 11.7 Å². The summed E-state index contributed by atoms with van der Waals surface area (Å²) in [7, 11) is 0. The van der Waals surface area contributed by atoms with Gasteiger partial charge in [0.15, 0.2) is 0 Å². The van der Waals surface area contributed by atoms with Crippen molar-refractivity contribution in [1.29, 1.82) is 0 Å². The number of hydrogen-bond donors (Lipinski definition) is 0. The van der Waals surface area contributed by atoms with Gasteiger partial charge in [-0.1, -0.05) is 24.3 Å². The van der Waals surface area contributed by atoms with Crippen LogP contribution < -0.4 is 4.74 Å². The fourth-order valence-electron chi connectivity index (χ4n) is 3.44. The highest BCUT2D eigenvalue weighted by atomic mass is 19.1. The third-order valence-electron chi connectivity index (χ3n) is 5.06. The molecule has 1 amide bonds. The Labute approximate surface area is 158 Å². The van der Waals surface area contributed by atoms with Crippen molar-refractivity contribution in [2.75, 3.05) is 13.2 Å². The lowest BCUT2D eigenvalue weighted by molar-refractivity contribution is 0.0678. The molecule has 1 aliphatic heterocycles. The summed E-state index contributed by atoms with van der Waals surface area (Å²) in [5, 5.41) is 0. The maximum atomic E-state index is 14.1. The van der Waals surface area contributed by atoms with Crippen LogP contribution in [0.3, 0.4) is 0 Å². The first kappa shape index (κ1) is 18.0. The van der Waals surface area contributed by atoms with Gasteiger partial charge in [-0.2, -0.15) is 0 Å². The van der Waals surface area contributed by atoms with Crippen molar-refractivity contribution in [3.05, 3.63) is 65.5 Å². The van der Waals surface area contributed by atoms with Gasteiger partial charge in [0.25, 0.3) is 5.91 Å². The molecule has 27 heavy (non-hydrogen) atoms. The van der Waals surface area contributed by atoms with Crippen molar-refractivity contribution in [3.8, 4) is 5.75 Å². The topological polar surface area (TPSA) is 38.8 Å². The SMILES string of the molecule is O=C(c1ccccc1F)N(Cc1cccc(OCC2CCCO2)c1)C1CC1. The number of amides is 1. The van der Waals surface area contributed by atoms with Crippen LogP contribution in [0.2, 0.25) is 0 Å². The van der Waals surface area contributed by atoms with Crippen molar-refractivity contribution < 1.29 is 18.7 Å². The van der Waals surface area contributed by atoms with Gasteiger partial charge in [-0.15, -0.1) is 0 Å². The van der Waals surface area contributed by atoms with E-state index in [1.54, 1.807) is 23.1 Å². The largest absolute Gasteiger partial charge is 0.491 e. The van der Waals surface area contributed by atoms with Gasteiger partial charge in [0, 0.05) is 19.2 Å². The van der Waals surface area contributed by atoms with Crippen molar-refractivity contribution in [1.82, 2.24) is 4.90 Å². The highest BCUT2D eigenvalue weighted by Gasteiger charge is 2.34. The highest BCUT2D eigenvalue weighted by Crippen LogP contribution is 2.31. The Kier molecular flexibility index (Phi) is 5.39. The minimum Gasteiger partial charge on any atom is -0.491 e. The molecule has 4 rings (SSSR count). The molecule has 1 atom stereocenters. The molecule has 2 fully saturated rings. The van der Waals surface area contributed by atoms with E-state index in [2.05, 4.69) is 0 Å². The van der Waals surface area contributed by atoms with E-state index in [-0.39, 0.29) is 23.6 Å². The molecule has 0 aromatic heterocycles. The maximum absolute atomic E-state index is 14.1. The first-order chi connectivity index (χ1) is 13.2. The minimum atomic E-state index is -0.471. The molecule has 4 nitrogen and oxygen atoms in total. The van der Waals surface area contributed by atoms with E-state index in [0.29, 0.717) is 13.2 Å². The lowest BCUT2D eigenvalue weighted by Gasteiger charge is -2.23. The van der Waals surface area contributed by atoms with E-state index < -0.39 is 5.82 Å². The number of rotatable bonds is 7. The average Bonchev–Trinajstić information content (AvgIpc) is 3.39. The summed E-state index contributed by atoms with van der Waals surface area (Å²) in [5.41, 5.74) is 1.12. The summed E-state index contributed by atoms with van der Waals surface area (Å²) in [6, 6.07) is 14.1. The van der Waals surface area contributed by atoms with E-state index in [0.717, 1.165) is 43.6 Å². The summed E-state index contributed by atoms with van der Waals surface area (Å²) in [6.07, 6.45) is 4.22. The molecular weight excluding hydrogens is 345 g/mol. The van der Waals surface area contributed by atoms with Gasteiger partial charge in [0.1, 0.15) is 18.2 Å². The third-order valence-corrected chi connectivity index (χ3v) is 5.06. The van der Waals surface area contributed by atoms with E-state index in [1.807, 2.05) is 24.3 Å². The smallest absolute Gasteiger partial charge is 0.257 e. The normalized spacial score (nSPS) is 19.1. The molecule has 5 heteroatoms. The van der Waals surface area contributed by atoms with Gasteiger partial charge in [0.2, 0.25) is 0 Å². The number of benzene rings is 2. The summed E-state index contributed by atoms with van der Waals surface area (Å²) in [6.45, 7) is 1.81. The Bertz CT molecular complexity index is 800. The predicted octanol–water partition coefficient (Wildman–Crippen LogP) is 4.19. The Balaban J connectivity index is 1.45. The molecule has 0 radical (unpaired) electrons. The molecule has 1 saturated heterocycles. The van der Waals surface area contributed by atoms with Crippen LogP contribution >= 0.6 is 0 Å². The zero-order valence-electron chi connectivity index (χ0n) is 15.3. The number of carbonyl (C=O) groups excluding carboxylic acids is 1. The van der Waals surface area contributed by atoms with Crippen molar-refractivity contribution >= 4 is 5.91 Å². The van der Waals surface area contributed by atoms with Crippen LogP contribution in [0.1, 0.15) is 41.6 Å². The van der Waals surface area contributed by atoms with Crippen LogP contribution in [0.15, 0.2) is 48.5 Å².